The van der Waals surface area contributed by atoms with Gasteiger partial charge >= 0.3 is 0 Å². The lowest BCUT2D eigenvalue weighted by Crippen LogP contribution is -2.44. The molecule has 6 heteroatoms. The van der Waals surface area contributed by atoms with E-state index in [0.717, 1.165) is 24.4 Å². The van der Waals surface area contributed by atoms with E-state index in [0.29, 0.717) is 24.0 Å². The number of ether oxygens (including phenoxy) is 1. The lowest BCUT2D eigenvalue weighted by atomic mass is 10.1. The molecule has 0 aliphatic carbocycles. The molecular formula is C19H25N3O3. The van der Waals surface area contributed by atoms with Crippen LogP contribution in [-0.2, 0) is 0 Å². The first-order valence-corrected chi connectivity index (χ1v) is 8.81. The first-order chi connectivity index (χ1) is 12.2. The van der Waals surface area contributed by atoms with Crippen LogP contribution in [0.1, 0.15) is 36.7 Å². The molecule has 0 spiro atoms. The second-order valence-electron chi connectivity index (χ2n) is 6.46. The van der Waals surface area contributed by atoms with Crippen molar-refractivity contribution in [1.29, 1.82) is 0 Å². The number of carbonyl (C=O) groups excluding carboxylic acids is 1. The second-order valence-corrected chi connectivity index (χ2v) is 6.46. The van der Waals surface area contributed by atoms with E-state index < -0.39 is 0 Å². The van der Waals surface area contributed by atoms with E-state index in [2.05, 4.69) is 22.3 Å². The largest absolute Gasteiger partial charge is 0.497 e. The Morgan fingerprint density at radius 2 is 2.00 bits per heavy atom. The number of hydrogen-bond donors (Lipinski definition) is 1. The molecule has 25 heavy (non-hydrogen) atoms. The van der Waals surface area contributed by atoms with Gasteiger partial charge in [-0.25, -0.2) is 0 Å². The van der Waals surface area contributed by atoms with Crippen LogP contribution in [0.15, 0.2) is 34.9 Å². The number of likely N-dealkylation sites (tertiary alicyclic amines) is 1. The Morgan fingerprint density at radius 1 is 1.28 bits per heavy atom. The molecule has 1 aliphatic rings. The Balaban J connectivity index is 1.56. The van der Waals surface area contributed by atoms with E-state index in [-0.39, 0.29) is 5.91 Å². The highest BCUT2D eigenvalue weighted by Crippen LogP contribution is 2.23. The summed E-state index contributed by atoms with van der Waals surface area (Å²) in [5.41, 5.74) is 1.16. The molecule has 3 rings (SSSR count). The monoisotopic (exact) mass is 343 g/mol. The Morgan fingerprint density at radius 3 is 2.68 bits per heavy atom. The maximum atomic E-state index is 12.3. The van der Waals surface area contributed by atoms with Crippen LogP contribution >= 0.6 is 0 Å². The van der Waals surface area contributed by atoms with Crippen LogP contribution in [0.4, 0.5) is 0 Å². The van der Waals surface area contributed by atoms with Crippen molar-refractivity contribution in [3.8, 4) is 17.1 Å². The predicted molar refractivity (Wildman–Crippen MR) is 95.7 cm³/mol. The Labute approximate surface area is 148 Å². The topological polar surface area (TPSA) is 67.6 Å². The molecule has 1 aromatic heterocycles. The zero-order chi connectivity index (χ0) is 17.6. The minimum atomic E-state index is -0.202. The third kappa shape index (κ3) is 4.39. The van der Waals surface area contributed by atoms with Crippen molar-refractivity contribution in [2.24, 2.45) is 0 Å². The van der Waals surface area contributed by atoms with E-state index in [1.165, 1.54) is 19.3 Å². The van der Waals surface area contributed by atoms with Gasteiger partial charge in [-0.05, 0) is 57.1 Å². The number of amides is 1. The number of carbonyl (C=O) groups is 1. The van der Waals surface area contributed by atoms with Gasteiger partial charge in [-0.15, -0.1) is 0 Å². The van der Waals surface area contributed by atoms with Crippen molar-refractivity contribution in [2.45, 2.75) is 32.2 Å². The molecule has 1 aromatic carbocycles. The zero-order valence-corrected chi connectivity index (χ0v) is 14.8. The van der Waals surface area contributed by atoms with Crippen LogP contribution in [-0.4, -0.2) is 48.7 Å². The van der Waals surface area contributed by atoms with Crippen LogP contribution in [0.3, 0.4) is 0 Å². The third-order valence-electron chi connectivity index (χ3n) is 4.69. The summed E-state index contributed by atoms with van der Waals surface area (Å²) in [7, 11) is 1.62. The van der Waals surface area contributed by atoms with Gasteiger partial charge in [0.2, 0.25) is 0 Å². The molecular weight excluding hydrogens is 318 g/mol. The van der Waals surface area contributed by atoms with Crippen LogP contribution in [0.5, 0.6) is 5.75 Å². The first kappa shape index (κ1) is 17.5. The molecule has 1 saturated heterocycles. The van der Waals surface area contributed by atoms with Crippen LogP contribution in [0.25, 0.3) is 11.3 Å². The number of piperidine rings is 1. The molecule has 2 heterocycles. The molecule has 1 fully saturated rings. The van der Waals surface area contributed by atoms with Gasteiger partial charge in [0.15, 0.2) is 11.5 Å². The number of rotatable bonds is 6. The van der Waals surface area contributed by atoms with Crippen molar-refractivity contribution in [3.05, 3.63) is 36.0 Å². The second kappa shape index (κ2) is 8.16. The van der Waals surface area contributed by atoms with Crippen molar-refractivity contribution in [3.63, 3.8) is 0 Å². The third-order valence-corrected chi connectivity index (χ3v) is 4.69. The normalized spacial score (nSPS) is 16.4. The number of hydrogen-bond acceptors (Lipinski definition) is 5. The predicted octanol–water partition coefficient (Wildman–Crippen LogP) is 2.95. The Kier molecular flexibility index (Phi) is 5.71. The molecule has 0 unspecified atom stereocenters. The molecule has 0 radical (unpaired) electrons. The molecule has 2 aromatic rings. The summed E-state index contributed by atoms with van der Waals surface area (Å²) in [6, 6.07) is 9.44. The Hall–Kier alpha value is -2.34. The van der Waals surface area contributed by atoms with E-state index in [1.54, 1.807) is 13.2 Å². The summed E-state index contributed by atoms with van der Waals surface area (Å²) in [5.74, 6) is 1.14. The van der Waals surface area contributed by atoms with Crippen LogP contribution < -0.4 is 10.1 Å². The van der Waals surface area contributed by atoms with Crippen LogP contribution in [0.2, 0.25) is 0 Å². The maximum absolute atomic E-state index is 12.3. The number of nitrogens with zero attached hydrogens (tertiary/aromatic N) is 2. The Bertz CT molecular complexity index is 690. The van der Waals surface area contributed by atoms with Crippen molar-refractivity contribution >= 4 is 5.91 Å². The summed E-state index contributed by atoms with van der Waals surface area (Å²) < 4.78 is 10.4. The fourth-order valence-electron chi connectivity index (χ4n) is 3.09. The van der Waals surface area contributed by atoms with E-state index in [4.69, 9.17) is 9.26 Å². The number of benzene rings is 1. The molecule has 0 saturated carbocycles. The molecule has 1 atom stereocenters. The van der Waals surface area contributed by atoms with Crippen LogP contribution in [0, 0.1) is 0 Å². The fraction of sp³-hybridized carbons (Fsp3) is 0.474. The molecule has 134 valence electrons. The van der Waals surface area contributed by atoms with Gasteiger partial charge in [-0.2, -0.15) is 0 Å². The standard InChI is InChI=1S/C19H25N3O3/c1-14(22-10-4-3-5-11-22)13-20-19(23)17-12-18(25-21-17)15-6-8-16(24-2)9-7-15/h6-9,12,14H,3-5,10-11,13H2,1-2H3,(H,20,23)/t14-/m0/s1. The van der Waals surface area contributed by atoms with Gasteiger partial charge in [0.05, 0.1) is 7.11 Å². The zero-order valence-electron chi connectivity index (χ0n) is 14.8. The molecule has 1 N–H and O–H groups in total. The summed E-state index contributed by atoms with van der Waals surface area (Å²) in [6.45, 7) is 4.99. The summed E-state index contributed by atoms with van der Waals surface area (Å²) in [6.07, 6.45) is 3.79. The number of methoxy groups -OCH3 is 1. The first-order valence-electron chi connectivity index (χ1n) is 8.81. The van der Waals surface area contributed by atoms with Gasteiger partial charge in [-0.1, -0.05) is 11.6 Å². The van der Waals surface area contributed by atoms with E-state index in [9.17, 15) is 4.79 Å². The van der Waals surface area contributed by atoms with E-state index in [1.807, 2.05) is 24.3 Å². The smallest absolute Gasteiger partial charge is 0.273 e. The van der Waals surface area contributed by atoms with E-state index >= 15 is 0 Å². The van der Waals surface area contributed by atoms with Gasteiger partial charge < -0.3 is 14.6 Å². The molecule has 1 aliphatic heterocycles. The lowest BCUT2D eigenvalue weighted by molar-refractivity contribution is 0.0921. The average Bonchev–Trinajstić information content (AvgIpc) is 3.17. The molecule has 0 bridgehead atoms. The lowest BCUT2D eigenvalue weighted by Gasteiger charge is -2.32. The highest BCUT2D eigenvalue weighted by atomic mass is 16.5. The summed E-state index contributed by atoms with van der Waals surface area (Å²) >= 11 is 0. The van der Waals surface area contributed by atoms with Gasteiger partial charge in [0.25, 0.3) is 5.91 Å². The SMILES string of the molecule is COc1ccc(-c2cc(C(=O)NC[C@H](C)N3CCCCC3)no2)cc1. The highest BCUT2D eigenvalue weighted by molar-refractivity contribution is 5.93. The minimum absolute atomic E-state index is 0.202. The molecule has 1 amide bonds. The number of nitrogens with one attached hydrogen (secondary N) is 1. The highest BCUT2D eigenvalue weighted by Gasteiger charge is 2.19. The van der Waals surface area contributed by atoms with Gasteiger partial charge in [0.1, 0.15) is 5.75 Å². The van der Waals surface area contributed by atoms with Crippen molar-refractivity contribution < 1.29 is 14.1 Å². The van der Waals surface area contributed by atoms with Crippen molar-refractivity contribution in [2.75, 3.05) is 26.7 Å². The summed E-state index contributed by atoms with van der Waals surface area (Å²) in [5, 5.41) is 6.85. The van der Waals surface area contributed by atoms with Crippen molar-refractivity contribution in [1.82, 2.24) is 15.4 Å². The fourth-order valence-corrected chi connectivity index (χ4v) is 3.09. The summed E-state index contributed by atoms with van der Waals surface area (Å²) in [4.78, 5) is 14.7. The number of aromatic nitrogens is 1. The van der Waals surface area contributed by atoms with Gasteiger partial charge in [0, 0.05) is 24.2 Å². The quantitative estimate of drug-likeness (QED) is 0.873. The molecule has 6 nitrogen and oxygen atoms in total. The maximum Gasteiger partial charge on any atom is 0.273 e. The van der Waals surface area contributed by atoms with Gasteiger partial charge in [-0.3, -0.25) is 9.69 Å². The average molecular weight is 343 g/mol. The minimum Gasteiger partial charge on any atom is -0.497 e.